The van der Waals surface area contributed by atoms with Crippen LogP contribution in [0.15, 0.2) is 18.2 Å². The smallest absolute Gasteiger partial charge is 0.326 e. The molecule has 0 unspecified atom stereocenters. The molecule has 0 aliphatic rings. The Morgan fingerprint density at radius 3 is 2.41 bits per heavy atom. The number of hydrogen-bond acceptors (Lipinski definition) is 4. The van der Waals surface area contributed by atoms with E-state index >= 15 is 0 Å². The molecule has 0 aliphatic heterocycles. The molecule has 5 nitrogen and oxygen atoms in total. The normalized spacial score (nSPS) is 12.2. The van der Waals surface area contributed by atoms with E-state index in [-0.39, 0.29) is 36.4 Å². The standard InChI is InChI=1S/C13H17F3N2O3S/c1-22(20,21)4-2-3-12(19)18-11-6-9(8-17)5-10(7-11)13(14,15)16/h5-7H,2-4,8,17H2,1H3,(H,18,19). The van der Waals surface area contributed by atoms with E-state index < -0.39 is 27.5 Å². The molecule has 3 N–H and O–H groups in total. The van der Waals surface area contributed by atoms with Gasteiger partial charge in [-0.25, -0.2) is 8.42 Å². The molecule has 0 fully saturated rings. The molecule has 0 saturated heterocycles. The minimum atomic E-state index is -4.54. The zero-order valence-corrected chi connectivity index (χ0v) is 12.7. The van der Waals surface area contributed by atoms with Crippen molar-refractivity contribution in [2.45, 2.75) is 25.6 Å². The molecule has 22 heavy (non-hydrogen) atoms. The highest BCUT2D eigenvalue weighted by Crippen LogP contribution is 2.32. The Morgan fingerprint density at radius 2 is 1.91 bits per heavy atom. The molecule has 0 heterocycles. The second-order valence-electron chi connectivity index (χ2n) is 4.90. The van der Waals surface area contributed by atoms with Crippen LogP contribution in [-0.2, 0) is 27.4 Å². The zero-order valence-electron chi connectivity index (χ0n) is 11.9. The maximum atomic E-state index is 12.7. The van der Waals surface area contributed by atoms with Crippen molar-refractivity contribution < 1.29 is 26.4 Å². The van der Waals surface area contributed by atoms with Gasteiger partial charge in [0, 0.05) is 24.9 Å². The van der Waals surface area contributed by atoms with Gasteiger partial charge in [-0.3, -0.25) is 4.79 Å². The Bertz CT molecular complexity index is 642. The lowest BCUT2D eigenvalue weighted by atomic mass is 10.1. The van der Waals surface area contributed by atoms with E-state index in [1.807, 2.05) is 0 Å². The molecule has 0 saturated carbocycles. The second-order valence-corrected chi connectivity index (χ2v) is 7.16. The Hall–Kier alpha value is -1.61. The van der Waals surface area contributed by atoms with Gasteiger partial charge >= 0.3 is 6.18 Å². The van der Waals surface area contributed by atoms with Crippen LogP contribution in [-0.4, -0.2) is 26.3 Å². The number of nitrogens with one attached hydrogen (secondary N) is 1. The average Bonchev–Trinajstić information content (AvgIpc) is 2.35. The highest BCUT2D eigenvalue weighted by atomic mass is 32.2. The van der Waals surface area contributed by atoms with E-state index in [9.17, 15) is 26.4 Å². The van der Waals surface area contributed by atoms with Crippen molar-refractivity contribution in [2.24, 2.45) is 5.73 Å². The van der Waals surface area contributed by atoms with Crippen molar-refractivity contribution in [3.05, 3.63) is 29.3 Å². The van der Waals surface area contributed by atoms with Gasteiger partial charge < -0.3 is 11.1 Å². The summed E-state index contributed by atoms with van der Waals surface area (Å²) in [5.74, 6) is -0.706. The van der Waals surface area contributed by atoms with E-state index in [1.54, 1.807) is 0 Å². The number of carbonyl (C=O) groups is 1. The van der Waals surface area contributed by atoms with Crippen molar-refractivity contribution in [3.8, 4) is 0 Å². The third kappa shape index (κ3) is 6.44. The summed E-state index contributed by atoms with van der Waals surface area (Å²) in [7, 11) is -3.17. The van der Waals surface area contributed by atoms with Crippen LogP contribution in [0.25, 0.3) is 0 Å². The first kappa shape index (κ1) is 18.4. The number of hydrogen-bond donors (Lipinski definition) is 2. The SMILES string of the molecule is CS(=O)(=O)CCCC(=O)Nc1cc(CN)cc(C(F)(F)F)c1. The van der Waals surface area contributed by atoms with Crippen molar-refractivity contribution >= 4 is 21.4 Å². The zero-order chi connectivity index (χ0) is 17.0. The first-order valence-corrected chi connectivity index (χ1v) is 8.46. The van der Waals surface area contributed by atoms with Gasteiger partial charge in [0.15, 0.2) is 0 Å². The van der Waals surface area contributed by atoms with Crippen LogP contribution < -0.4 is 11.1 Å². The minimum absolute atomic E-state index is 0.0142. The summed E-state index contributed by atoms with van der Waals surface area (Å²) >= 11 is 0. The number of anilines is 1. The maximum absolute atomic E-state index is 12.7. The van der Waals surface area contributed by atoms with Gasteiger partial charge in [0.1, 0.15) is 9.84 Å². The Kier molecular flexibility index (Phi) is 5.95. The number of benzene rings is 1. The van der Waals surface area contributed by atoms with Crippen molar-refractivity contribution in [2.75, 3.05) is 17.3 Å². The average molecular weight is 338 g/mol. The van der Waals surface area contributed by atoms with E-state index in [1.165, 1.54) is 6.07 Å². The second kappa shape index (κ2) is 7.10. The predicted octanol–water partition coefficient (Wildman–Crippen LogP) is 1.93. The molecular formula is C13H17F3N2O3S. The Labute approximate surface area is 126 Å². The summed E-state index contributed by atoms with van der Waals surface area (Å²) in [6, 6.07) is 3.08. The topological polar surface area (TPSA) is 89.3 Å². The summed E-state index contributed by atoms with van der Waals surface area (Å²) < 4.78 is 60.1. The monoisotopic (exact) mass is 338 g/mol. The van der Waals surface area contributed by atoms with Crippen LogP contribution in [0.1, 0.15) is 24.0 Å². The molecule has 9 heteroatoms. The first-order valence-electron chi connectivity index (χ1n) is 6.40. The van der Waals surface area contributed by atoms with Gasteiger partial charge in [0.05, 0.1) is 11.3 Å². The molecule has 0 bridgehead atoms. The number of carbonyl (C=O) groups excluding carboxylic acids is 1. The van der Waals surface area contributed by atoms with E-state index in [0.29, 0.717) is 0 Å². The lowest BCUT2D eigenvalue weighted by Gasteiger charge is -2.12. The molecular weight excluding hydrogens is 321 g/mol. The van der Waals surface area contributed by atoms with Crippen molar-refractivity contribution in [3.63, 3.8) is 0 Å². The third-order valence-corrected chi connectivity index (χ3v) is 3.79. The van der Waals surface area contributed by atoms with E-state index in [0.717, 1.165) is 18.4 Å². The Morgan fingerprint density at radius 1 is 1.27 bits per heavy atom. The Balaban J connectivity index is 2.78. The molecule has 0 atom stereocenters. The minimum Gasteiger partial charge on any atom is -0.326 e. The molecule has 1 aromatic carbocycles. The van der Waals surface area contributed by atoms with Gasteiger partial charge in [-0.1, -0.05) is 0 Å². The fraction of sp³-hybridized carbons (Fsp3) is 0.462. The van der Waals surface area contributed by atoms with Crippen LogP contribution >= 0.6 is 0 Å². The summed E-state index contributed by atoms with van der Waals surface area (Å²) in [6.45, 7) is -0.0964. The van der Waals surface area contributed by atoms with Gasteiger partial charge in [-0.2, -0.15) is 13.2 Å². The molecule has 1 rings (SSSR count). The van der Waals surface area contributed by atoms with Crippen LogP contribution in [0, 0.1) is 0 Å². The molecule has 0 radical (unpaired) electrons. The highest BCUT2D eigenvalue weighted by molar-refractivity contribution is 7.90. The maximum Gasteiger partial charge on any atom is 0.416 e. The number of alkyl halides is 3. The van der Waals surface area contributed by atoms with Crippen LogP contribution in [0.4, 0.5) is 18.9 Å². The molecule has 0 aromatic heterocycles. The molecule has 0 spiro atoms. The number of nitrogens with two attached hydrogens (primary N) is 1. The largest absolute Gasteiger partial charge is 0.416 e. The molecule has 124 valence electrons. The quantitative estimate of drug-likeness (QED) is 0.829. The van der Waals surface area contributed by atoms with E-state index in [2.05, 4.69) is 5.32 Å². The summed E-state index contributed by atoms with van der Waals surface area (Å²) in [5, 5.41) is 2.33. The predicted molar refractivity (Wildman–Crippen MR) is 76.9 cm³/mol. The van der Waals surface area contributed by atoms with Crippen molar-refractivity contribution in [1.82, 2.24) is 0 Å². The van der Waals surface area contributed by atoms with Gasteiger partial charge in [0.25, 0.3) is 0 Å². The number of amides is 1. The fourth-order valence-electron chi connectivity index (χ4n) is 1.76. The lowest BCUT2D eigenvalue weighted by molar-refractivity contribution is -0.137. The van der Waals surface area contributed by atoms with Crippen LogP contribution in [0.5, 0.6) is 0 Å². The van der Waals surface area contributed by atoms with E-state index in [4.69, 9.17) is 5.73 Å². The lowest BCUT2D eigenvalue weighted by Crippen LogP contribution is -2.15. The molecule has 0 aliphatic carbocycles. The number of sulfone groups is 1. The summed E-state index contributed by atoms with van der Waals surface area (Å²) in [6.07, 6.45) is -3.49. The van der Waals surface area contributed by atoms with Gasteiger partial charge in [-0.15, -0.1) is 0 Å². The highest BCUT2D eigenvalue weighted by Gasteiger charge is 2.31. The van der Waals surface area contributed by atoms with Crippen LogP contribution in [0.3, 0.4) is 0 Å². The van der Waals surface area contributed by atoms with Gasteiger partial charge in [0.2, 0.25) is 5.91 Å². The number of halogens is 3. The summed E-state index contributed by atoms with van der Waals surface area (Å²) in [5.41, 5.74) is 4.67. The van der Waals surface area contributed by atoms with Gasteiger partial charge in [-0.05, 0) is 30.2 Å². The molecule has 1 amide bonds. The molecule has 1 aromatic rings. The third-order valence-electron chi connectivity index (χ3n) is 2.76. The number of rotatable bonds is 6. The van der Waals surface area contributed by atoms with Crippen LogP contribution in [0.2, 0.25) is 0 Å². The summed E-state index contributed by atoms with van der Waals surface area (Å²) in [4.78, 5) is 11.6. The van der Waals surface area contributed by atoms with Crippen molar-refractivity contribution in [1.29, 1.82) is 0 Å². The fourth-order valence-corrected chi connectivity index (χ4v) is 2.43. The first-order chi connectivity index (χ1) is 10.0.